The lowest BCUT2D eigenvalue weighted by atomic mass is 10.0. The molecular formula is C22H23N3O. The molecule has 4 rings (SSSR count). The zero-order valence-corrected chi connectivity index (χ0v) is 14.9. The van der Waals surface area contributed by atoms with E-state index < -0.39 is 0 Å². The third kappa shape index (κ3) is 3.36. The van der Waals surface area contributed by atoms with Gasteiger partial charge in [0.1, 0.15) is 0 Å². The molecule has 0 bridgehead atoms. The van der Waals surface area contributed by atoms with E-state index in [0.29, 0.717) is 6.54 Å². The Morgan fingerprint density at radius 1 is 1.00 bits per heavy atom. The maximum atomic E-state index is 13.0. The fourth-order valence-electron chi connectivity index (χ4n) is 3.59. The topological polar surface area (TPSA) is 37.3 Å². The Kier molecular flexibility index (Phi) is 4.48. The molecule has 132 valence electrons. The van der Waals surface area contributed by atoms with Crippen LogP contribution in [-0.4, -0.2) is 22.0 Å². The summed E-state index contributed by atoms with van der Waals surface area (Å²) in [6.07, 6.45) is 2.91. The van der Waals surface area contributed by atoms with Crippen molar-refractivity contribution in [2.45, 2.75) is 25.9 Å². The number of carbonyl (C=O) groups is 1. The smallest absolute Gasteiger partial charge is 0.322 e. The van der Waals surface area contributed by atoms with Gasteiger partial charge in [-0.25, -0.2) is 4.79 Å². The first kappa shape index (κ1) is 16.5. The van der Waals surface area contributed by atoms with Crippen LogP contribution in [0, 0.1) is 6.92 Å². The van der Waals surface area contributed by atoms with Crippen LogP contribution in [-0.2, 0) is 13.0 Å². The Balaban J connectivity index is 1.58. The van der Waals surface area contributed by atoms with E-state index in [0.717, 1.165) is 18.7 Å². The van der Waals surface area contributed by atoms with Gasteiger partial charge in [-0.1, -0.05) is 48.0 Å². The van der Waals surface area contributed by atoms with Crippen LogP contribution in [0.1, 0.15) is 22.9 Å². The van der Waals surface area contributed by atoms with Gasteiger partial charge in [0.2, 0.25) is 0 Å². The average molecular weight is 345 g/mol. The molecule has 4 heteroatoms. The summed E-state index contributed by atoms with van der Waals surface area (Å²) in [5.41, 5.74) is 4.44. The van der Waals surface area contributed by atoms with Gasteiger partial charge in [-0.2, -0.15) is 0 Å². The van der Waals surface area contributed by atoms with Crippen LogP contribution >= 0.6 is 0 Å². The van der Waals surface area contributed by atoms with Gasteiger partial charge >= 0.3 is 6.03 Å². The number of nitrogens with zero attached hydrogens (tertiary/aromatic N) is 2. The van der Waals surface area contributed by atoms with E-state index in [1.165, 1.54) is 16.8 Å². The lowest BCUT2D eigenvalue weighted by Gasteiger charge is -2.37. The monoisotopic (exact) mass is 345 g/mol. The number of carbonyl (C=O) groups excluding carboxylic acids is 1. The summed E-state index contributed by atoms with van der Waals surface area (Å²) in [6, 6.07) is 22.5. The molecule has 0 spiro atoms. The summed E-state index contributed by atoms with van der Waals surface area (Å²) in [4.78, 5) is 15.0. The van der Waals surface area contributed by atoms with Crippen LogP contribution < -0.4 is 5.32 Å². The van der Waals surface area contributed by atoms with Crippen LogP contribution in [0.15, 0.2) is 72.9 Å². The van der Waals surface area contributed by atoms with Crippen LogP contribution in [0.3, 0.4) is 0 Å². The van der Waals surface area contributed by atoms with Crippen LogP contribution in [0.5, 0.6) is 0 Å². The maximum Gasteiger partial charge on any atom is 0.322 e. The average Bonchev–Trinajstić information content (AvgIpc) is 3.14. The largest absolute Gasteiger partial charge is 0.348 e. The minimum absolute atomic E-state index is 0.0339. The second-order valence-electron chi connectivity index (χ2n) is 6.82. The minimum Gasteiger partial charge on any atom is -0.348 e. The molecule has 1 N–H and O–H groups in total. The van der Waals surface area contributed by atoms with E-state index in [-0.39, 0.29) is 12.1 Å². The molecule has 0 radical (unpaired) electrons. The number of fused-ring (bicyclic) bond motifs is 1. The fourth-order valence-corrected chi connectivity index (χ4v) is 3.59. The van der Waals surface area contributed by atoms with Crippen LogP contribution in [0.25, 0.3) is 0 Å². The summed E-state index contributed by atoms with van der Waals surface area (Å²) >= 11 is 0. The molecule has 1 aliphatic heterocycles. The van der Waals surface area contributed by atoms with Gasteiger partial charge < -0.3 is 14.8 Å². The number of nitrogens with one attached hydrogen (secondary N) is 1. The number of aromatic nitrogens is 1. The van der Waals surface area contributed by atoms with Crippen molar-refractivity contribution in [3.63, 3.8) is 0 Å². The van der Waals surface area contributed by atoms with Crippen molar-refractivity contribution >= 4 is 11.7 Å². The van der Waals surface area contributed by atoms with E-state index in [1.54, 1.807) is 0 Å². The molecule has 0 unspecified atom stereocenters. The number of benzene rings is 2. The summed E-state index contributed by atoms with van der Waals surface area (Å²) in [5.74, 6) is 0. The predicted octanol–water partition coefficient (Wildman–Crippen LogP) is 4.63. The number of aryl methyl sites for hydroxylation is 1. The van der Waals surface area contributed by atoms with Gasteiger partial charge in [-0.3, -0.25) is 0 Å². The molecule has 4 nitrogen and oxygen atoms in total. The first-order valence-electron chi connectivity index (χ1n) is 9.04. The highest BCUT2D eigenvalue weighted by molar-refractivity contribution is 5.89. The molecule has 2 heterocycles. The first-order valence-corrected chi connectivity index (χ1v) is 9.04. The molecule has 1 aromatic heterocycles. The van der Waals surface area contributed by atoms with Crippen molar-refractivity contribution in [1.82, 2.24) is 9.47 Å². The van der Waals surface area contributed by atoms with Crippen LogP contribution in [0.4, 0.5) is 10.5 Å². The van der Waals surface area contributed by atoms with E-state index >= 15 is 0 Å². The Morgan fingerprint density at radius 3 is 2.54 bits per heavy atom. The molecule has 2 aromatic carbocycles. The summed E-state index contributed by atoms with van der Waals surface area (Å²) in [7, 11) is 0. The molecule has 1 atom stereocenters. The summed E-state index contributed by atoms with van der Waals surface area (Å²) < 4.78 is 2.25. The zero-order valence-electron chi connectivity index (χ0n) is 14.9. The molecule has 0 saturated carbocycles. The van der Waals surface area contributed by atoms with E-state index in [2.05, 4.69) is 40.3 Å². The normalized spacial score (nSPS) is 16.2. The Bertz CT molecular complexity index is 883. The third-order valence-corrected chi connectivity index (χ3v) is 5.00. The number of hydrogen-bond acceptors (Lipinski definition) is 1. The number of rotatable bonds is 3. The summed E-state index contributed by atoms with van der Waals surface area (Å²) in [5, 5.41) is 3.06. The van der Waals surface area contributed by atoms with Gasteiger partial charge in [0.25, 0.3) is 0 Å². The number of amides is 2. The second-order valence-corrected chi connectivity index (χ2v) is 6.82. The van der Waals surface area contributed by atoms with Crippen molar-refractivity contribution < 1.29 is 4.79 Å². The highest BCUT2D eigenvalue weighted by Crippen LogP contribution is 2.30. The molecule has 2 amide bonds. The molecule has 1 aliphatic rings. The molecule has 26 heavy (non-hydrogen) atoms. The number of urea groups is 1. The summed E-state index contributed by atoms with van der Waals surface area (Å²) in [6.45, 7) is 3.58. The molecule has 3 aromatic rings. The fraction of sp³-hybridized carbons (Fsp3) is 0.227. The maximum absolute atomic E-state index is 13.0. The molecule has 0 aliphatic carbocycles. The van der Waals surface area contributed by atoms with Gasteiger partial charge in [0, 0.05) is 30.7 Å². The van der Waals surface area contributed by atoms with E-state index in [1.807, 2.05) is 54.3 Å². The predicted molar refractivity (Wildman–Crippen MR) is 104 cm³/mol. The quantitative estimate of drug-likeness (QED) is 0.738. The van der Waals surface area contributed by atoms with Gasteiger partial charge in [0.05, 0.1) is 6.04 Å². The Labute approximate surface area is 154 Å². The highest BCUT2D eigenvalue weighted by Gasteiger charge is 2.31. The Hall–Kier alpha value is -3.01. The van der Waals surface area contributed by atoms with Crippen molar-refractivity contribution in [3.05, 3.63) is 89.7 Å². The minimum atomic E-state index is -0.0396. The number of anilines is 1. The zero-order chi connectivity index (χ0) is 17.9. The molecular weight excluding hydrogens is 322 g/mol. The third-order valence-electron chi connectivity index (χ3n) is 5.00. The Morgan fingerprint density at radius 2 is 1.77 bits per heavy atom. The molecule has 0 saturated heterocycles. The standard InChI is InChI=1S/C22H23N3O/c1-17-9-11-19(12-10-17)23-22(26)25-15-14-24-13-5-8-20(24)21(25)16-18-6-3-2-4-7-18/h2-13,21H,14-16H2,1H3,(H,23,26)/t21-/m1/s1. The first-order chi connectivity index (χ1) is 12.7. The lowest BCUT2D eigenvalue weighted by Crippen LogP contribution is -2.44. The number of hydrogen-bond donors (Lipinski definition) is 1. The van der Waals surface area contributed by atoms with Gasteiger partial charge in [0.15, 0.2) is 0 Å². The van der Waals surface area contributed by atoms with Crippen molar-refractivity contribution in [2.75, 3.05) is 11.9 Å². The van der Waals surface area contributed by atoms with E-state index in [4.69, 9.17) is 0 Å². The van der Waals surface area contributed by atoms with Crippen molar-refractivity contribution in [1.29, 1.82) is 0 Å². The van der Waals surface area contributed by atoms with Crippen molar-refractivity contribution in [3.8, 4) is 0 Å². The van der Waals surface area contributed by atoms with Gasteiger partial charge in [-0.15, -0.1) is 0 Å². The highest BCUT2D eigenvalue weighted by atomic mass is 16.2. The second kappa shape index (κ2) is 7.08. The lowest BCUT2D eigenvalue weighted by molar-refractivity contribution is 0.167. The van der Waals surface area contributed by atoms with Gasteiger partial charge in [-0.05, 0) is 43.2 Å². The van der Waals surface area contributed by atoms with Crippen LogP contribution in [0.2, 0.25) is 0 Å². The van der Waals surface area contributed by atoms with E-state index in [9.17, 15) is 4.79 Å². The molecule has 0 fully saturated rings. The SMILES string of the molecule is Cc1ccc(NC(=O)N2CCn3cccc3[C@H]2Cc2ccccc2)cc1. The van der Waals surface area contributed by atoms with Crippen molar-refractivity contribution in [2.24, 2.45) is 0 Å².